The first-order valence-corrected chi connectivity index (χ1v) is 11.8. The summed E-state index contributed by atoms with van der Waals surface area (Å²) in [5.41, 5.74) is 2.44. The van der Waals surface area contributed by atoms with Gasteiger partial charge in [-0.2, -0.15) is 0 Å². The molecule has 0 atom stereocenters. The van der Waals surface area contributed by atoms with E-state index in [-0.39, 0.29) is 23.6 Å². The van der Waals surface area contributed by atoms with Crippen LogP contribution in [0.3, 0.4) is 0 Å². The monoisotopic (exact) mass is 501 g/mol. The number of aromatic amines is 1. The van der Waals surface area contributed by atoms with E-state index >= 15 is 0 Å². The molecule has 0 saturated heterocycles. The van der Waals surface area contributed by atoms with Crippen molar-refractivity contribution in [2.24, 2.45) is 4.99 Å². The molecule has 0 radical (unpaired) electrons. The summed E-state index contributed by atoms with van der Waals surface area (Å²) in [6, 6.07) is 15.6. The number of ether oxygens (including phenoxy) is 1. The average molecular weight is 502 g/mol. The molecule has 2 N–H and O–H groups in total. The molecule has 0 aliphatic heterocycles. The largest absolute Gasteiger partial charge is 0.478 e. The van der Waals surface area contributed by atoms with E-state index < -0.39 is 17.3 Å². The number of carboxylic acids is 1. The number of H-pyrrole nitrogens is 1. The first-order valence-electron chi connectivity index (χ1n) is 11.8. The Bertz CT molecular complexity index is 1630. The van der Waals surface area contributed by atoms with Gasteiger partial charge in [0.15, 0.2) is 0 Å². The molecule has 10 nitrogen and oxygen atoms in total. The van der Waals surface area contributed by atoms with Crippen molar-refractivity contribution in [3.05, 3.63) is 110 Å². The Labute approximate surface area is 212 Å². The summed E-state index contributed by atoms with van der Waals surface area (Å²) in [5.74, 6) is -0.465. The molecule has 2 aromatic carbocycles. The molecule has 0 aliphatic carbocycles. The van der Waals surface area contributed by atoms with Crippen molar-refractivity contribution in [3.63, 3.8) is 0 Å². The van der Waals surface area contributed by atoms with Crippen LogP contribution in [0.2, 0.25) is 0 Å². The summed E-state index contributed by atoms with van der Waals surface area (Å²) in [5, 5.41) is 9.17. The van der Waals surface area contributed by atoms with Crippen LogP contribution in [0.1, 0.15) is 40.4 Å². The van der Waals surface area contributed by atoms with E-state index in [1.54, 1.807) is 25.1 Å². The third-order valence-corrected chi connectivity index (χ3v) is 5.68. The van der Waals surface area contributed by atoms with Crippen LogP contribution in [0.15, 0.2) is 75.4 Å². The van der Waals surface area contributed by atoms with Crippen molar-refractivity contribution >= 4 is 11.7 Å². The molecule has 10 heteroatoms. The second-order valence-electron chi connectivity index (χ2n) is 8.61. The Morgan fingerprint density at radius 3 is 2.49 bits per heavy atom. The van der Waals surface area contributed by atoms with E-state index in [1.165, 1.54) is 27.5 Å². The average Bonchev–Trinajstić information content (AvgIpc) is 2.87. The van der Waals surface area contributed by atoms with Crippen molar-refractivity contribution in [2.75, 3.05) is 0 Å². The predicted octanol–water partition coefficient (Wildman–Crippen LogP) is 3.53. The quantitative estimate of drug-likeness (QED) is 0.380. The number of benzene rings is 2. The molecule has 4 rings (SSSR count). The minimum atomic E-state index is -1.08. The summed E-state index contributed by atoms with van der Waals surface area (Å²) in [6.45, 7) is 6.22. The molecule has 2 heterocycles. The predicted molar refractivity (Wildman–Crippen MR) is 138 cm³/mol. The minimum Gasteiger partial charge on any atom is -0.478 e. The number of rotatable bonds is 8. The van der Waals surface area contributed by atoms with Crippen LogP contribution in [-0.2, 0) is 13.1 Å². The normalized spacial score (nSPS) is 11.5. The molecular formula is C27H27N5O5. The molecule has 0 saturated carbocycles. The summed E-state index contributed by atoms with van der Waals surface area (Å²) >= 11 is 0. The lowest BCUT2D eigenvalue weighted by molar-refractivity contribution is 0.0696. The third kappa shape index (κ3) is 5.92. The molecule has 190 valence electrons. The molecule has 2 aromatic heterocycles. The maximum absolute atomic E-state index is 13.2. The lowest BCUT2D eigenvalue weighted by Crippen LogP contribution is -2.50. The van der Waals surface area contributed by atoms with E-state index in [1.807, 2.05) is 38.1 Å². The Morgan fingerprint density at radius 1 is 1.05 bits per heavy atom. The number of aromatic carboxylic acids is 1. The van der Waals surface area contributed by atoms with Crippen LogP contribution in [0.4, 0.5) is 5.69 Å². The number of nitrogens with one attached hydrogen (secondary N) is 1. The highest BCUT2D eigenvalue weighted by atomic mass is 16.5. The van der Waals surface area contributed by atoms with Gasteiger partial charge in [-0.25, -0.2) is 28.9 Å². The van der Waals surface area contributed by atoms with Gasteiger partial charge in [-0.1, -0.05) is 36.8 Å². The smallest absolute Gasteiger partial charge is 0.335 e. The standard InChI is InChI=1S/C27H27N5O5/c1-4-13-31-26(35)30-25(32(27(31)36)16-19-7-5-17(2)6-8-19)29-21-9-10-22(18(3)14-21)37-23-15-20(24(33)34)11-12-28-23/h5-12,14-15H,4,13,16H2,1-3H3,(H,33,34)(H,29,30,35). The van der Waals surface area contributed by atoms with E-state index in [0.717, 1.165) is 11.1 Å². The number of pyridine rings is 1. The molecule has 0 fully saturated rings. The van der Waals surface area contributed by atoms with Gasteiger partial charge in [0.2, 0.25) is 11.5 Å². The second-order valence-corrected chi connectivity index (χ2v) is 8.61. The number of aromatic nitrogens is 4. The number of carbonyl (C=O) groups is 1. The lowest BCUT2D eigenvalue weighted by atomic mass is 10.1. The number of hydrogen-bond acceptors (Lipinski definition) is 6. The van der Waals surface area contributed by atoms with Crippen LogP contribution >= 0.6 is 0 Å². The maximum atomic E-state index is 13.2. The molecule has 0 bridgehead atoms. The van der Waals surface area contributed by atoms with Crippen molar-refractivity contribution in [1.82, 2.24) is 19.1 Å². The molecule has 0 unspecified atom stereocenters. The van der Waals surface area contributed by atoms with Crippen LogP contribution in [-0.4, -0.2) is 30.2 Å². The lowest BCUT2D eigenvalue weighted by Gasteiger charge is -2.11. The summed E-state index contributed by atoms with van der Waals surface area (Å²) in [7, 11) is 0. The Kier molecular flexibility index (Phi) is 7.47. The summed E-state index contributed by atoms with van der Waals surface area (Å²) < 4.78 is 8.39. The van der Waals surface area contributed by atoms with Gasteiger partial charge in [0.1, 0.15) is 5.75 Å². The van der Waals surface area contributed by atoms with Crippen molar-refractivity contribution in [2.45, 2.75) is 40.3 Å². The third-order valence-electron chi connectivity index (χ3n) is 5.68. The van der Waals surface area contributed by atoms with Crippen LogP contribution in [0.25, 0.3) is 0 Å². The van der Waals surface area contributed by atoms with Gasteiger partial charge < -0.3 is 9.84 Å². The number of carboxylic acid groups (broad SMARTS) is 1. The highest BCUT2D eigenvalue weighted by molar-refractivity contribution is 5.87. The molecule has 0 amide bonds. The van der Waals surface area contributed by atoms with Gasteiger partial charge in [0.05, 0.1) is 17.8 Å². The van der Waals surface area contributed by atoms with Gasteiger partial charge in [-0.05, 0) is 55.7 Å². The fraction of sp³-hybridized carbons (Fsp3) is 0.222. The second kappa shape index (κ2) is 10.9. The van der Waals surface area contributed by atoms with E-state index in [4.69, 9.17) is 4.74 Å². The maximum Gasteiger partial charge on any atom is 0.335 e. The molecular weight excluding hydrogens is 474 g/mol. The fourth-order valence-electron chi connectivity index (χ4n) is 3.73. The fourth-order valence-corrected chi connectivity index (χ4v) is 3.73. The first kappa shape index (κ1) is 25.4. The number of nitrogens with zero attached hydrogens (tertiary/aromatic N) is 4. The number of aryl methyl sites for hydroxylation is 2. The summed E-state index contributed by atoms with van der Waals surface area (Å²) in [6.07, 6.45) is 2.00. The Hall–Kier alpha value is -4.73. The number of hydrogen-bond donors (Lipinski definition) is 2. The highest BCUT2D eigenvalue weighted by Gasteiger charge is 2.11. The van der Waals surface area contributed by atoms with Gasteiger partial charge in [0.25, 0.3) is 0 Å². The SMILES string of the molecule is CCCn1c(=O)[nH]/c(=N\c2ccc(Oc3cc(C(=O)O)ccn3)c(C)c2)n(Cc2ccc(C)cc2)c1=O. The van der Waals surface area contributed by atoms with Crippen LogP contribution in [0.5, 0.6) is 11.6 Å². The zero-order valence-corrected chi connectivity index (χ0v) is 20.8. The van der Waals surface area contributed by atoms with Crippen LogP contribution < -0.4 is 21.7 Å². The Morgan fingerprint density at radius 2 is 1.81 bits per heavy atom. The zero-order chi connectivity index (χ0) is 26.5. The van der Waals surface area contributed by atoms with Gasteiger partial charge >= 0.3 is 17.3 Å². The molecule has 0 aliphatic rings. The van der Waals surface area contributed by atoms with E-state index in [9.17, 15) is 19.5 Å². The van der Waals surface area contributed by atoms with Gasteiger partial charge in [0, 0.05) is 18.8 Å². The molecule has 37 heavy (non-hydrogen) atoms. The van der Waals surface area contributed by atoms with Crippen molar-refractivity contribution < 1.29 is 14.6 Å². The topological polar surface area (TPSA) is 132 Å². The van der Waals surface area contributed by atoms with Gasteiger partial charge in [-0.15, -0.1) is 0 Å². The first-order chi connectivity index (χ1) is 17.7. The zero-order valence-electron chi connectivity index (χ0n) is 20.8. The Balaban J connectivity index is 1.74. The summed E-state index contributed by atoms with van der Waals surface area (Å²) in [4.78, 5) is 48.5. The van der Waals surface area contributed by atoms with E-state index in [0.29, 0.717) is 30.0 Å². The molecule has 0 spiro atoms. The van der Waals surface area contributed by atoms with Crippen molar-refractivity contribution in [1.29, 1.82) is 0 Å². The van der Waals surface area contributed by atoms with Crippen LogP contribution in [0, 0.1) is 13.8 Å². The van der Waals surface area contributed by atoms with Crippen molar-refractivity contribution in [3.8, 4) is 11.6 Å². The minimum absolute atomic E-state index is 0.0640. The highest BCUT2D eigenvalue weighted by Crippen LogP contribution is 2.27. The van der Waals surface area contributed by atoms with E-state index in [2.05, 4.69) is 15.0 Å². The molecule has 4 aromatic rings. The van der Waals surface area contributed by atoms with Gasteiger partial charge in [-0.3, -0.25) is 9.55 Å².